The number of nitrogens with zero attached hydrogens (tertiary/aromatic N) is 2. The van der Waals surface area contributed by atoms with E-state index < -0.39 is 0 Å². The van der Waals surface area contributed by atoms with Crippen molar-refractivity contribution in [3.8, 4) is 0 Å². The van der Waals surface area contributed by atoms with Gasteiger partial charge in [-0.25, -0.2) is 0 Å². The Hall–Kier alpha value is -0.900. The molecule has 0 radical (unpaired) electrons. The molecule has 1 unspecified atom stereocenters. The van der Waals surface area contributed by atoms with Crippen LogP contribution >= 0.6 is 0 Å². The lowest BCUT2D eigenvalue weighted by molar-refractivity contribution is 0.0774. The van der Waals surface area contributed by atoms with E-state index in [2.05, 4.69) is 48.2 Å². The van der Waals surface area contributed by atoms with Gasteiger partial charge in [0.2, 0.25) is 0 Å². The van der Waals surface area contributed by atoms with E-state index >= 15 is 0 Å². The number of aliphatic hydroxyl groups is 1. The standard InChI is InChI=1S/C17H28N2O/c1-18(11-15-7-4-3-5-8-15)13-17(20)14-19(2)12-16-9-6-10-16/h3-5,7-8,16-17,20H,6,9-14H2,1-2H3. The molecule has 0 spiro atoms. The van der Waals surface area contributed by atoms with E-state index in [1.165, 1.54) is 24.8 Å². The number of hydrogen-bond donors (Lipinski definition) is 1. The molecule has 0 saturated heterocycles. The minimum absolute atomic E-state index is 0.270. The molecule has 1 atom stereocenters. The summed E-state index contributed by atoms with van der Waals surface area (Å²) < 4.78 is 0. The molecular formula is C17H28N2O. The van der Waals surface area contributed by atoms with Crippen molar-refractivity contribution in [3.05, 3.63) is 35.9 Å². The lowest BCUT2D eigenvalue weighted by atomic mass is 9.85. The normalized spacial score (nSPS) is 17.4. The largest absolute Gasteiger partial charge is 0.390 e. The summed E-state index contributed by atoms with van der Waals surface area (Å²) in [5.41, 5.74) is 1.30. The molecule has 1 aromatic rings. The summed E-state index contributed by atoms with van der Waals surface area (Å²) in [6.45, 7) is 3.53. The SMILES string of the molecule is CN(Cc1ccccc1)CC(O)CN(C)CC1CCC1. The Morgan fingerprint density at radius 1 is 1.10 bits per heavy atom. The monoisotopic (exact) mass is 276 g/mol. The van der Waals surface area contributed by atoms with Crippen LogP contribution in [0, 0.1) is 5.92 Å². The number of rotatable bonds is 8. The van der Waals surface area contributed by atoms with Crippen LogP contribution in [0.1, 0.15) is 24.8 Å². The minimum Gasteiger partial charge on any atom is -0.390 e. The molecule has 0 aromatic heterocycles. The van der Waals surface area contributed by atoms with Gasteiger partial charge in [-0.3, -0.25) is 4.90 Å². The summed E-state index contributed by atoms with van der Waals surface area (Å²) in [5, 5.41) is 10.2. The first kappa shape index (κ1) is 15.5. The van der Waals surface area contributed by atoms with Gasteiger partial charge in [-0.15, -0.1) is 0 Å². The molecule has 0 aliphatic heterocycles. The molecule has 0 bridgehead atoms. The summed E-state index contributed by atoms with van der Waals surface area (Å²) in [7, 11) is 4.20. The number of likely N-dealkylation sites (N-methyl/N-ethyl adjacent to an activating group) is 2. The lowest BCUT2D eigenvalue weighted by Crippen LogP contribution is -2.39. The van der Waals surface area contributed by atoms with Crippen LogP contribution in [0.15, 0.2) is 30.3 Å². The van der Waals surface area contributed by atoms with Crippen LogP contribution in [0.3, 0.4) is 0 Å². The fraction of sp³-hybridized carbons (Fsp3) is 0.647. The summed E-state index contributed by atoms with van der Waals surface area (Å²) in [4.78, 5) is 4.47. The van der Waals surface area contributed by atoms with Crippen molar-refractivity contribution in [2.75, 3.05) is 33.7 Å². The van der Waals surface area contributed by atoms with E-state index in [0.717, 1.165) is 32.1 Å². The van der Waals surface area contributed by atoms with Gasteiger partial charge in [0.25, 0.3) is 0 Å². The Labute approximate surface area is 123 Å². The fourth-order valence-corrected chi connectivity index (χ4v) is 2.93. The Bertz CT molecular complexity index is 378. The van der Waals surface area contributed by atoms with Gasteiger partial charge in [-0.05, 0) is 38.4 Å². The predicted molar refractivity (Wildman–Crippen MR) is 83.6 cm³/mol. The van der Waals surface area contributed by atoms with Gasteiger partial charge in [0.1, 0.15) is 0 Å². The second kappa shape index (κ2) is 7.77. The van der Waals surface area contributed by atoms with Crippen LogP contribution in [0.2, 0.25) is 0 Å². The van der Waals surface area contributed by atoms with Crippen LogP contribution in [0.4, 0.5) is 0 Å². The molecule has 2 rings (SSSR count). The van der Waals surface area contributed by atoms with Crippen LogP contribution in [0.5, 0.6) is 0 Å². The third-order valence-electron chi connectivity index (χ3n) is 4.13. The first-order valence-electron chi connectivity index (χ1n) is 7.72. The molecule has 1 aliphatic rings. The Morgan fingerprint density at radius 3 is 2.35 bits per heavy atom. The molecule has 0 heterocycles. The average Bonchev–Trinajstić information content (AvgIpc) is 2.34. The van der Waals surface area contributed by atoms with Gasteiger partial charge in [-0.2, -0.15) is 0 Å². The Kier molecular flexibility index (Phi) is 6.02. The van der Waals surface area contributed by atoms with Crippen molar-refractivity contribution in [1.29, 1.82) is 0 Å². The highest BCUT2D eigenvalue weighted by molar-refractivity contribution is 5.14. The van der Waals surface area contributed by atoms with Crippen LogP contribution in [-0.4, -0.2) is 54.7 Å². The van der Waals surface area contributed by atoms with Crippen molar-refractivity contribution in [2.45, 2.75) is 31.9 Å². The van der Waals surface area contributed by atoms with E-state index in [-0.39, 0.29) is 6.10 Å². The van der Waals surface area contributed by atoms with Gasteiger partial charge in [0.15, 0.2) is 0 Å². The maximum Gasteiger partial charge on any atom is 0.0793 e. The highest BCUT2D eigenvalue weighted by Crippen LogP contribution is 2.26. The number of hydrogen-bond acceptors (Lipinski definition) is 3. The van der Waals surface area contributed by atoms with Crippen LogP contribution < -0.4 is 0 Å². The first-order chi connectivity index (χ1) is 9.63. The van der Waals surface area contributed by atoms with Crippen molar-refractivity contribution >= 4 is 0 Å². The molecule has 20 heavy (non-hydrogen) atoms. The van der Waals surface area contributed by atoms with E-state index in [9.17, 15) is 5.11 Å². The molecule has 1 N–H and O–H groups in total. The van der Waals surface area contributed by atoms with E-state index in [0.29, 0.717) is 0 Å². The van der Waals surface area contributed by atoms with E-state index in [1.807, 2.05) is 6.07 Å². The van der Waals surface area contributed by atoms with Gasteiger partial charge in [-0.1, -0.05) is 36.8 Å². The molecule has 1 aromatic carbocycles. The van der Waals surface area contributed by atoms with E-state index in [4.69, 9.17) is 0 Å². The maximum absolute atomic E-state index is 10.2. The summed E-state index contributed by atoms with van der Waals surface area (Å²) in [6, 6.07) is 10.4. The summed E-state index contributed by atoms with van der Waals surface area (Å²) in [5.74, 6) is 0.870. The molecule has 1 aliphatic carbocycles. The zero-order valence-corrected chi connectivity index (χ0v) is 12.8. The third-order valence-corrected chi connectivity index (χ3v) is 4.13. The Morgan fingerprint density at radius 2 is 1.75 bits per heavy atom. The van der Waals surface area contributed by atoms with Crippen LogP contribution in [-0.2, 0) is 6.54 Å². The smallest absolute Gasteiger partial charge is 0.0793 e. The van der Waals surface area contributed by atoms with Crippen molar-refractivity contribution in [1.82, 2.24) is 9.80 Å². The zero-order valence-electron chi connectivity index (χ0n) is 12.8. The highest BCUT2D eigenvalue weighted by atomic mass is 16.3. The van der Waals surface area contributed by atoms with Crippen molar-refractivity contribution in [2.24, 2.45) is 5.92 Å². The highest BCUT2D eigenvalue weighted by Gasteiger charge is 2.20. The predicted octanol–water partition coefficient (Wildman–Crippen LogP) is 2.21. The van der Waals surface area contributed by atoms with E-state index in [1.54, 1.807) is 0 Å². The number of benzene rings is 1. The lowest BCUT2D eigenvalue weighted by Gasteiger charge is -2.31. The Balaban J connectivity index is 1.66. The van der Waals surface area contributed by atoms with Gasteiger partial charge in [0.05, 0.1) is 6.10 Å². The topological polar surface area (TPSA) is 26.7 Å². The zero-order chi connectivity index (χ0) is 14.4. The molecule has 0 amide bonds. The van der Waals surface area contributed by atoms with Crippen LogP contribution in [0.25, 0.3) is 0 Å². The molecule has 1 saturated carbocycles. The summed E-state index contributed by atoms with van der Waals surface area (Å²) in [6.07, 6.45) is 3.86. The number of aliphatic hydroxyl groups excluding tert-OH is 1. The van der Waals surface area contributed by atoms with Crippen molar-refractivity contribution < 1.29 is 5.11 Å². The maximum atomic E-state index is 10.2. The second-order valence-corrected chi connectivity index (χ2v) is 6.35. The average molecular weight is 276 g/mol. The minimum atomic E-state index is -0.270. The summed E-state index contributed by atoms with van der Waals surface area (Å²) >= 11 is 0. The van der Waals surface area contributed by atoms with Gasteiger partial charge < -0.3 is 10.0 Å². The van der Waals surface area contributed by atoms with Crippen molar-refractivity contribution in [3.63, 3.8) is 0 Å². The van der Waals surface area contributed by atoms with Gasteiger partial charge >= 0.3 is 0 Å². The molecule has 112 valence electrons. The second-order valence-electron chi connectivity index (χ2n) is 6.35. The quantitative estimate of drug-likeness (QED) is 0.788. The van der Waals surface area contributed by atoms with Gasteiger partial charge in [0, 0.05) is 26.2 Å². The first-order valence-corrected chi connectivity index (χ1v) is 7.72. The molecule has 1 fully saturated rings. The molecule has 3 heteroatoms. The third kappa shape index (κ3) is 5.23. The fourth-order valence-electron chi connectivity index (χ4n) is 2.93. The molecular weight excluding hydrogens is 248 g/mol. The molecule has 3 nitrogen and oxygen atoms in total.